The van der Waals surface area contributed by atoms with Crippen molar-refractivity contribution in [3.05, 3.63) is 0 Å². The van der Waals surface area contributed by atoms with E-state index in [0.29, 0.717) is 6.04 Å². The number of nitrogens with zero attached hydrogens (tertiary/aromatic N) is 1. The Morgan fingerprint density at radius 3 is 2.50 bits per heavy atom. The number of hydrogen-bond donors (Lipinski definition) is 1. The van der Waals surface area contributed by atoms with Crippen molar-refractivity contribution in [2.24, 2.45) is 5.92 Å². The standard InChI is InChI=1S/C17H32N2O/c1-16(2)10-15(17(3,4)20-16)19-9-5-6-13(12-19)11-18-14-7-8-14/h13-15,18H,5-12H2,1-4H3. The Balaban J connectivity index is 1.58. The van der Waals surface area contributed by atoms with Crippen molar-refractivity contribution >= 4 is 0 Å². The first-order chi connectivity index (χ1) is 9.36. The molecule has 0 amide bonds. The van der Waals surface area contributed by atoms with Crippen LogP contribution >= 0.6 is 0 Å². The zero-order valence-electron chi connectivity index (χ0n) is 13.7. The van der Waals surface area contributed by atoms with E-state index in [1.165, 1.54) is 51.7 Å². The van der Waals surface area contributed by atoms with Crippen LogP contribution in [0.4, 0.5) is 0 Å². The molecule has 0 spiro atoms. The van der Waals surface area contributed by atoms with Crippen LogP contribution in [0.1, 0.15) is 59.8 Å². The number of hydrogen-bond acceptors (Lipinski definition) is 3. The molecule has 116 valence electrons. The van der Waals surface area contributed by atoms with E-state index >= 15 is 0 Å². The number of nitrogens with one attached hydrogen (secondary N) is 1. The Bertz CT molecular complexity index is 349. The summed E-state index contributed by atoms with van der Waals surface area (Å²) in [6.07, 6.45) is 6.71. The van der Waals surface area contributed by atoms with Gasteiger partial charge in [-0.3, -0.25) is 4.90 Å². The fraction of sp³-hybridized carbons (Fsp3) is 1.00. The summed E-state index contributed by atoms with van der Waals surface area (Å²) in [6.45, 7) is 12.8. The highest BCUT2D eigenvalue weighted by molar-refractivity contribution is 5.01. The quantitative estimate of drug-likeness (QED) is 0.857. The van der Waals surface area contributed by atoms with Crippen LogP contribution in [0.25, 0.3) is 0 Å². The van der Waals surface area contributed by atoms with Crippen molar-refractivity contribution < 1.29 is 4.74 Å². The van der Waals surface area contributed by atoms with Gasteiger partial charge in [0.05, 0.1) is 11.2 Å². The van der Waals surface area contributed by atoms with Crippen molar-refractivity contribution in [1.82, 2.24) is 10.2 Å². The summed E-state index contributed by atoms with van der Waals surface area (Å²) in [5.74, 6) is 0.837. The second-order valence-electron chi connectivity index (χ2n) is 8.37. The molecule has 2 atom stereocenters. The second-order valence-corrected chi connectivity index (χ2v) is 8.37. The third-order valence-corrected chi connectivity index (χ3v) is 5.29. The van der Waals surface area contributed by atoms with Gasteiger partial charge in [0.1, 0.15) is 0 Å². The maximum Gasteiger partial charge on any atom is 0.0789 e. The predicted octanol–water partition coefficient (Wildman–Crippen LogP) is 2.80. The van der Waals surface area contributed by atoms with Crippen molar-refractivity contribution in [2.75, 3.05) is 19.6 Å². The molecule has 3 heteroatoms. The summed E-state index contributed by atoms with van der Waals surface area (Å²) in [5, 5.41) is 3.72. The van der Waals surface area contributed by atoms with E-state index in [9.17, 15) is 0 Å². The first kappa shape index (κ1) is 14.8. The van der Waals surface area contributed by atoms with Gasteiger partial charge in [0, 0.05) is 18.6 Å². The fourth-order valence-electron chi connectivity index (χ4n) is 4.27. The molecular weight excluding hydrogens is 248 g/mol. The predicted molar refractivity (Wildman–Crippen MR) is 83.0 cm³/mol. The summed E-state index contributed by atoms with van der Waals surface area (Å²) >= 11 is 0. The van der Waals surface area contributed by atoms with E-state index in [2.05, 4.69) is 37.9 Å². The van der Waals surface area contributed by atoms with E-state index in [1.54, 1.807) is 0 Å². The highest BCUT2D eigenvalue weighted by Crippen LogP contribution is 2.41. The van der Waals surface area contributed by atoms with Crippen molar-refractivity contribution in [1.29, 1.82) is 0 Å². The lowest BCUT2D eigenvalue weighted by molar-refractivity contribution is -0.0833. The molecule has 1 aliphatic carbocycles. The maximum absolute atomic E-state index is 6.29. The number of rotatable bonds is 4. The molecule has 2 heterocycles. The van der Waals surface area contributed by atoms with Crippen molar-refractivity contribution in [3.8, 4) is 0 Å². The average Bonchev–Trinajstić information content (AvgIpc) is 3.13. The number of ether oxygens (including phenoxy) is 1. The monoisotopic (exact) mass is 280 g/mol. The molecule has 3 aliphatic rings. The van der Waals surface area contributed by atoms with Crippen molar-refractivity contribution in [3.63, 3.8) is 0 Å². The SMILES string of the molecule is CC1(C)CC(N2CCCC(CNC3CC3)C2)C(C)(C)O1. The minimum absolute atomic E-state index is 0.00465. The summed E-state index contributed by atoms with van der Waals surface area (Å²) in [4.78, 5) is 2.72. The van der Waals surface area contributed by atoms with E-state index in [1.807, 2.05) is 0 Å². The lowest BCUT2D eigenvalue weighted by Crippen LogP contribution is -2.51. The first-order valence-corrected chi connectivity index (χ1v) is 8.53. The molecule has 3 nitrogen and oxygen atoms in total. The summed E-state index contributed by atoms with van der Waals surface area (Å²) in [6, 6.07) is 1.43. The molecule has 0 aromatic carbocycles. The molecule has 1 N–H and O–H groups in total. The van der Waals surface area contributed by atoms with E-state index < -0.39 is 0 Å². The van der Waals surface area contributed by atoms with Crippen LogP contribution in [-0.4, -0.2) is 47.8 Å². The van der Waals surface area contributed by atoms with Gasteiger partial charge in [-0.25, -0.2) is 0 Å². The van der Waals surface area contributed by atoms with Crippen LogP contribution in [-0.2, 0) is 4.74 Å². The van der Waals surface area contributed by atoms with Crippen LogP contribution in [0.3, 0.4) is 0 Å². The zero-order valence-corrected chi connectivity index (χ0v) is 13.7. The zero-order chi connectivity index (χ0) is 14.4. The molecule has 2 saturated heterocycles. The van der Waals surface area contributed by atoms with Gasteiger partial charge in [-0.2, -0.15) is 0 Å². The molecule has 1 saturated carbocycles. The minimum Gasteiger partial charge on any atom is -0.368 e. The summed E-state index contributed by atoms with van der Waals surface area (Å²) in [5.41, 5.74) is 0.0304. The Morgan fingerprint density at radius 2 is 1.90 bits per heavy atom. The molecule has 0 bridgehead atoms. The van der Waals surface area contributed by atoms with E-state index in [4.69, 9.17) is 4.74 Å². The van der Waals surface area contributed by atoms with E-state index in [0.717, 1.165) is 12.0 Å². The Labute approximate surface area is 124 Å². The molecule has 2 unspecified atom stereocenters. The molecule has 0 aromatic heterocycles. The molecule has 2 aliphatic heterocycles. The lowest BCUT2D eigenvalue weighted by atomic mass is 9.89. The largest absolute Gasteiger partial charge is 0.368 e. The molecule has 0 radical (unpaired) electrons. The lowest BCUT2D eigenvalue weighted by Gasteiger charge is -2.41. The number of piperidine rings is 1. The van der Waals surface area contributed by atoms with Crippen LogP contribution in [0.5, 0.6) is 0 Å². The van der Waals surface area contributed by atoms with Gasteiger partial charge in [-0.1, -0.05) is 0 Å². The minimum atomic E-state index is -0.00465. The highest BCUT2D eigenvalue weighted by atomic mass is 16.5. The Kier molecular flexibility index (Phi) is 3.89. The molecular formula is C17H32N2O. The normalized spacial score (nSPS) is 37.2. The third-order valence-electron chi connectivity index (χ3n) is 5.29. The maximum atomic E-state index is 6.29. The van der Waals surface area contributed by atoms with Gasteiger partial charge < -0.3 is 10.1 Å². The Morgan fingerprint density at radius 1 is 1.15 bits per heavy atom. The molecule has 20 heavy (non-hydrogen) atoms. The molecule has 0 aromatic rings. The summed E-state index contributed by atoms with van der Waals surface area (Å²) in [7, 11) is 0. The van der Waals surface area contributed by atoms with Crippen LogP contribution in [0.15, 0.2) is 0 Å². The Hall–Kier alpha value is -0.120. The highest BCUT2D eigenvalue weighted by Gasteiger charge is 2.48. The van der Waals surface area contributed by atoms with Gasteiger partial charge in [-0.05, 0) is 78.8 Å². The fourth-order valence-corrected chi connectivity index (χ4v) is 4.27. The number of likely N-dealkylation sites (tertiary alicyclic amines) is 1. The molecule has 3 fully saturated rings. The second kappa shape index (κ2) is 5.26. The van der Waals surface area contributed by atoms with Gasteiger partial charge in [0.25, 0.3) is 0 Å². The van der Waals surface area contributed by atoms with Gasteiger partial charge in [-0.15, -0.1) is 0 Å². The van der Waals surface area contributed by atoms with Crippen LogP contribution in [0.2, 0.25) is 0 Å². The smallest absolute Gasteiger partial charge is 0.0789 e. The van der Waals surface area contributed by atoms with Crippen LogP contribution in [0, 0.1) is 5.92 Å². The third kappa shape index (κ3) is 3.37. The topological polar surface area (TPSA) is 24.5 Å². The summed E-state index contributed by atoms with van der Waals surface area (Å²) < 4.78 is 6.29. The van der Waals surface area contributed by atoms with Crippen LogP contribution < -0.4 is 5.32 Å². The first-order valence-electron chi connectivity index (χ1n) is 8.53. The van der Waals surface area contributed by atoms with E-state index in [-0.39, 0.29) is 11.2 Å². The molecule has 3 rings (SSSR count). The van der Waals surface area contributed by atoms with Gasteiger partial charge in [0.15, 0.2) is 0 Å². The van der Waals surface area contributed by atoms with Crippen molar-refractivity contribution in [2.45, 2.75) is 83.1 Å². The average molecular weight is 280 g/mol. The van der Waals surface area contributed by atoms with Gasteiger partial charge in [0.2, 0.25) is 0 Å². The van der Waals surface area contributed by atoms with Gasteiger partial charge >= 0.3 is 0 Å².